The molecule has 0 unspecified atom stereocenters. The van der Waals surface area contributed by atoms with E-state index in [1.807, 2.05) is 48.8 Å². The number of hydrogen-bond acceptors (Lipinski definition) is 5. The van der Waals surface area contributed by atoms with E-state index in [2.05, 4.69) is 168 Å². The fourth-order valence-corrected chi connectivity index (χ4v) is 9.67. The summed E-state index contributed by atoms with van der Waals surface area (Å²) in [6.07, 6.45) is 5.22. The standard InChI is InChI=1S/C64H44N2O3/c67-52-30-24-43(25-31-52)56-37-57(44-26-32-53(68)33-27-44)62(51-39-65-41-66-40-51)64(61(56)48-28-34-54(69)35-29-48)50-23-13-22-49(36-50)58-38-55(42-14-5-1-6-15-42)59(45-16-7-2-8-17-45)63(47-20-11-4-12-21-47)60(58)46-18-9-3-10-19-46/h1-41,67-69H. The van der Waals surface area contributed by atoms with Crippen molar-refractivity contribution in [3.8, 4) is 129 Å². The third-order valence-corrected chi connectivity index (χ3v) is 12.8. The number of nitrogens with zero attached hydrogens (tertiary/aromatic N) is 2. The van der Waals surface area contributed by atoms with Crippen LogP contribution in [0.3, 0.4) is 0 Å². The fourth-order valence-electron chi connectivity index (χ4n) is 9.67. The van der Waals surface area contributed by atoms with Crippen molar-refractivity contribution >= 4 is 0 Å². The van der Waals surface area contributed by atoms with Gasteiger partial charge in [-0.25, -0.2) is 9.97 Å². The van der Waals surface area contributed by atoms with Gasteiger partial charge >= 0.3 is 0 Å². The number of rotatable bonds is 10. The number of benzene rings is 10. The molecule has 0 aliphatic carbocycles. The number of phenolic OH excluding ortho intramolecular Hbond substituents is 3. The summed E-state index contributed by atoms with van der Waals surface area (Å²) in [5.74, 6) is 0.474. The summed E-state index contributed by atoms with van der Waals surface area (Å²) in [6.45, 7) is 0. The average Bonchev–Trinajstić information content (AvgIpc) is 3.41. The van der Waals surface area contributed by atoms with Crippen molar-refractivity contribution in [3.05, 3.63) is 249 Å². The second kappa shape index (κ2) is 18.5. The van der Waals surface area contributed by atoms with Gasteiger partial charge in [0.2, 0.25) is 0 Å². The maximum atomic E-state index is 10.7. The monoisotopic (exact) mass is 888 g/mol. The highest BCUT2D eigenvalue weighted by Gasteiger charge is 2.27. The van der Waals surface area contributed by atoms with E-state index in [0.717, 1.165) is 111 Å². The average molecular weight is 889 g/mol. The first-order chi connectivity index (χ1) is 34.0. The molecule has 0 fully saturated rings. The highest BCUT2D eigenvalue weighted by atomic mass is 16.3. The highest BCUT2D eigenvalue weighted by molar-refractivity contribution is 6.10. The molecular weight excluding hydrogens is 845 g/mol. The maximum Gasteiger partial charge on any atom is 0.115 e. The van der Waals surface area contributed by atoms with Gasteiger partial charge in [-0.1, -0.05) is 176 Å². The van der Waals surface area contributed by atoms with Crippen molar-refractivity contribution in [3.63, 3.8) is 0 Å². The van der Waals surface area contributed by atoms with Crippen molar-refractivity contribution in [1.29, 1.82) is 0 Å². The Balaban J connectivity index is 1.30. The van der Waals surface area contributed by atoms with Gasteiger partial charge in [0.15, 0.2) is 0 Å². The number of aromatic hydroxyl groups is 3. The van der Waals surface area contributed by atoms with E-state index in [1.165, 1.54) is 6.33 Å². The summed E-state index contributed by atoms with van der Waals surface area (Å²) in [4.78, 5) is 9.12. The molecule has 0 bridgehead atoms. The lowest BCUT2D eigenvalue weighted by Crippen LogP contribution is -2.00. The molecule has 0 radical (unpaired) electrons. The minimum atomic E-state index is 0.154. The van der Waals surface area contributed by atoms with Crippen molar-refractivity contribution < 1.29 is 15.3 Å². The summed E-state index contributed by atoms with van der Waals surface area (Å²) in [7, 11) is 0. The van der Waals surface area contributed by atoms with Gasteiger partial charge in [-0.15, -0.1) is 0 Å². The zero-order valence-electron chi connectivity index (χ0n) is 37.4. The second-order valence-electron chi connectivity index (χ2n) is 17.0. The van der Waals surface area contributed by atoms with E-state index in [4.69, 9.17) is 0 Å². The van der Waals surface area contributed by atoms with E-state index in [9.17, 15) is 15.3 Å². The van der Waals surface area contributed by atoms with Crippen LogP contribution in [0.1, 0.15) is 0 Å². The number of phenols is 3. The van der Waals surface area contributed by atoms with Gasteiger partial charge in [0.25, 0.3) is 0 Å². The zero-order chi connectivity index (χ0) is 46.7. The molecule has 11 aromatic rings. The van der Waals surface area contributed by atoms with Crippen molar-refractivity contribution in [1.82, 2.24) is 9.97 Å². The summed E-state index contributed by atoms with van der Waals surface area (Å²) in [5.41, 5.74) is 19.9. The summed E-state index contributed by atoms with van der Waals surface area (Å²) in [5, 5.41) is 31.8. The summed E-state index contributed by atoms with van der Waals surface area (Å²) >= 11 is 0. The molecule has 11 rings (SSSR count). The Labute approximate surface area is 401 Å². The topological polar surface area (TPSA) is 86.5 Å². The Bertz CT molecular complexity index is 3570. The van der Waals surface area contributed by atoms with E-state index >= 15 is 0 Å². The van der Waals surface area contributed by atoms with E-state index < -0.39 is 0 Å². The van der Waals surface area contributed by atoms with Gasteiger partial charge in [0, 0.05) is 23.5 Å². The molecule has 3 N–H and O–H groups in total. The van der Waals surface area contributed by atoms with Crippen molar-refractivity contribution in [2.24, 2.45) is 0 Å². The van der Waals surface area contributed by atoms with Gasteiger partial charge in [-0.2, -0.15) is 0 Å². The predicted octanol–water partition coefficient (Wildman–Crippen LogP) is 16.3. The molecule has 0 atom stereocenters. The van der Waals surface area contributed by atoms with Crippen molar-refractivity contribution in [2.45, 2.75) is 0 Å². The molecule has 10 aromatic carbocycles. The lowest BCUT2D eigenvalue weighted by Gasteiger charge is -2.26. The first-order valence-electron chi connectivity index (χ1n) is 22.9. The quantitative estimate of drug-likeness (QED) is 0.127. The molecule has 328 valence electrons. The Morgan fingerprint density at radius 2 is 0.507 bits per heavy atom. The maximum absolute atomic E-state index is 10.7. The minimum Gasteiger partial charge on any atom is -0.508 e. The third-order valence-electron chi connectivity index (χ3n) is 12.8. The Morgan fingerprint density at radius 3 is 0.942 bits per heavy atom. The molecule has 1 aromatic heterocycles. The van der Waals surface area contributed by atoms with Crippen LogP contribution in [0.2, 0.25) is 0 Å². The van der Waals surface area contributed by atoms with Gasteiger partial charge in [0.05, 0.1) is 0 Å². The van der Waals surface area contributed by atoms with Gasteiger partial charge in [-0.05, 0) is 155 Å². The molecule has 69 heavy (non-hydrogen) atoms. The van der Waals surface area contributed by atoms with Crippen LogP contribution in [0.15, 0.2) is 249 Å². The minimum absolute atomic E-state index is 0.154. The number of hydrogen-bond donors (Lipinski definition) is 3. The van der Waals surface area contributed by atoms with Crippen LogP contribution >= 0.6 is 0 Å². The molecule has 0 aliphatic rings. The predicted molar refractivity (Wildman–Crippen MR) is 281 cm³/mol. The smallest absolute Gasteiger partial charge is 0.115 e. The van der Waals surface area contributed by atoms with Crippen molar-refractivity contribution in [2.75, 3.05) is 0 Å². The van der Waals surface area contributed by atoms with Gasteiger partial charge in [0.1, 0.15) is 23.6 Å². The molecule has 0 amide bonds. The van der Waals surface area contributed by atoms with Crippen LogP contribution in [0.4, 0.5) is 0 Å². The molecule has 0 saturated heterocycles. The SMILES string of the molecule is Oc1ccc(-c2cc(-c3ccc(O)cc3)c(-c3cncnc3)c(-c3cccc(-c4cc(-c5ccccc5)c(-c5ccccc5)c(-c5ccccc5)c4-c4ccccc4)c3)c2-c2ccc(O)cc2)cc1. The van der Waals surface area contributed by atoms with Gasteiger partial charge < -0.3 is 15.3 Å². The first kappa shape index (κ1) is 42.3. The Hall–Kier alpha value is -9.32. The summed E-state index contributed by atoms with van der Waals surface area (Å²) < 4.78 is 0. The molecule has 5 nitrogen and oxygen atoms in total. The molecule has 0 saturated carbocycles. The van der Waals surface area contributed by atoms with Crippen LogP contribution in [-0.2, 0) is 0 Å². The molecular formula is C64H44N2O3. The van der Waals surface area contributed by atoms with Crippen LogP contribution < -0.4 is 0 Å². The lowest BCUT2D eigenvalue weighted by atomic mass is 9.77. The Morgan fingerprint density at radius 1 is 0.217 bits per heavy atom. The highest BCUT2D eigenvalue weighted by Crippen LogP contribution is 2.53. The zero-order valence-corrected chi connectivity index (χ0v) is 37.4. The Kier molecular flexibility index (Phi) is 11.4. The van der Waals surface area contributed by atoms with E-state index in [1.54, 1.807) is 36.4 Å². The summed E-state index contributed by atoms with van der Waals surface area (Å²) in [6, 6.07) is 77.9. The molecule has 1 heterocycles. The van der Waals surface area contributed by atoms with E-state index in [0.29, 0.717) is 0 Å². The molecule has 0 aliphatic heterocycles. The lowest BCUT2D eigenvalue weighted by molar-refractivity contribution is 0.475. The molecule has 0 spiro atoms. The van der Waals surface area contributed by atoms with Gasteiger partial charge in [-0.3, -0.25) is 0 Å². The normalized spacial score (nSPS) is 11.1. The molecule has 5 heteroatoms. The third kappa shape index (κ3) is 8.30. The fraction of sp³-hybridized carbons (Fsp3) is 0. The number of aromatic nitrogens is 2. The van der Waals surface area contributed by atoms with Crippen LogP contribution in [0.5, 0.6) is 17.2 Å². The second-order valence-corrected chi connectivity index (χ2v) is 17.0. The first-order valence-corrected chi connectivity index (χ1v) is 22.9. The van der Waals surface area contributed by atoms with Crippen LogP contribution in [-0.4, -0.2) is 25.3 Å². The largest absolute Gasteiger partial charge is 0.508 e. The van der Waals surface area contributed by atoms with Crippen LogP contribution in [0.25, 0.3) is 111 Å². The van der Waals surface area contributed by atoms with E-state index in [-0.39, 0.29) is 17.2 Å². The van der Waals surface area contributed by atoms with Crippen LogP contribution in [0, 0.1) is 0 Å².